The maximum Gasteiger partial charge on any atom is 0.338 e. The van der Waals surface area contributed by atoms with Crippen LogP contribution >= 0.6 is 0 Å². The van der Waals surface area contributed by atoms with Crippen molar-refractivity contribution >= 4 is 25.5 Å². The Morgan fingerprint density at radius 3 is 1.93 bits per heavy atom. The van der Waals surface area contributed by atoms with Crippen molar-refractivity contribution in [2.24, 2.45) is 0 Å². The number of nitrogens with zero attached hydrogens (tertiary/aromatic N) is 4. The van der Waals surface area contributed by atoms with Gasteiger partial charge in [-0.2, -0.15) is 0 Å². The maximum atomic E-state index is 12.8. The number of aliphatic hydroxyl groups is 1. The first-order valence-electron chi connectivity index (χ1n) is 19.2. The van der Waals surface area contributed by atoms with Crippen molar-refractivity contribution in [2.45, 2.75) is 75.7 Å². The van der Waals surface area contributed by atoms with Crippen LogP contribution in [0.15, 0.2) is 122 Å². The zero-order chi connectivity index (χ0) is 41.1. The number of hydrogen-bond donors (Lipinski definition) is 1. The number of ether oxygens (including phenoxy) is 5. The molecule has 1 fully saturated rings. The number of carbonyl (C=O) groups is 1. The van der Waals surface area contributed by atoms with Crippen LogP contribution in [0.4, 0.5) is 0 Å². The Morgan fingerprint density at radius 2 is 1.36 bits per heavy atom. The average molecular weight is 803 g/mol. The molecular formula is C45H50N4O8Si. The molecule has 1 aliphatic rings. The molecular weight excluding hydrogens is 753 g/mol. The highest BCUT2D eigenvalue weighted by Crippen LogP contribution is 2.45. The first kappa shape index (κ1) is 40.7. The summed E-state index contributed by atoms with van der Waals surface area (Å²) in [6.45, 7) is 10.6. The molecule has 0 spiro atoms. The van der Waals surface area contributed by atoms with Crippen molar-refractivity contribution in [3.63, 3.8) is 0 Å². The van der Waals surface area contributed by atoms with Crippen LogP contribution in [-0.2, 0) is 30.8 Å². The highest BCUT2D eigenvalue weighted by atomic mass is 28.4. The topological polar surface area (TPSA) is 136 Å². The summed E-state index contributed by atoms with van der Waals surface area (Å²) < 4.78 is 39.4. The van der Waals surface area contributed by atoms with Gasteiger partial charge in [-0.1, -0.05) is 93.6 Å². The lowest BCUT2D eigenvalue weighted by atomic mass is 9.80. The van der Waals surface area contributed by atoms with E-state index in [4.69, 9.17) is 28.1 Å². The van der Waals surface area contributed by atoms with Crippen LogP contribution in [0, 0.1) is 0 Å². The Morgan fingerprint density at radius 1 is 0.793 bits per heavy atom. The van der Waals surface area contributed by atoms with E-state index in [1.54, 1.807) is 49.4 Å². The highest BCUT2D eigenvalue weighted by molar-refractivity contribution is 6.74. The van der Waals surface area contributed by atoms with Gasteiger partial charge in [-0.25, -0.2) is 19.7 Å². The van der Waals surface area contributed by atoms with Gasteiger partial charge in [0.2, 0.25) is 0 Å². The van der Waals surface area contributed by atoms with Gasteiger partial charge >= 0.3 is 5.97 Å². The minimum absolute atomic E-state index is 0.0235. The number of carbonyl (C=O) groups excluding carboxylic acids is 1. The van der Waals surface area contributed by atoms with Crippen molar-refractivity contribution in [3.8, 4) is 11.5 Å². The number of hydrogen-bond acceptors (Lipinski definition) is 11. The summed E-state index contributed by atoms with van der Waals surface area (Å²) in [5.74, 6) is 0.935. The second kappa shape index (κ2) is 16.8. The third-order valence-electron chi connectivity index (χ3n) is 11.2. The second-order valence-electron chi connectivity index (χ2n) is 15.8. The first-order valence-corrected chi connectivity index (χ1v) is 22.2. The van der Waals surface area contributed by atoms with E-state index in [9.17, 15) is 9.90 Å². The average Bonchev–Trinajstić information content (AvgIpc) is 3.81. The predicted molar refractivity (Wildman–Crippen MR) is 221 cm³/mol. The monoisotopic (exact) mass is 802 g/mol. The molecule has 0 amide bonds. The van der Waals surface area contributed by atoms with E-state index in [1.165, 1.54) is 6.33 Å². The molecule has 13 heteroatoms. The van der Waals surface area contributed by atoms with Gasteiger partial charge < -0.3 is 33.2 Å². The first-order chi connectivity index (χ1) is 27.9. The molecule has 0 radical (unpaired) electrons. The van der Waals surface area contributed by atoms with Crippen molar-refractivity contribution in [3.05, 3.63) is 150 Å². The fourth-order valence-corrected chi connectivity index (χ4v) is 8.28. The Balaban J connectivity index is 1.25. The summed E-state index contributed by atoms with van der Waals surface area (Å²) in [6.07, 6.45) is -0.595. The van der Waals surface area contributed by atoms with E-state index >= 15 is 0 Å². The van der Waals surface area contributed by atoms with Gasteiger partial charge in [-0.05, 0) is 71.2 Å². The molecule has 6 aromatic rings. The lowest BCUT2D eigenvalue weighted by Gasteiger charge is -2.40. The number of aliphatic hydroxyl groups excluding tert-OH is 1. The molecule has 3 heterocycles. The van der Waals surface area contributed by atoms with Crippen molar-refractivity contribution in [1.29, 1.82) is 0 Å². The smallest absolute Gasteiger partial charge is 0.338 e. The molecule has 0 bridgehead atoms. The Bertz CT molecular complexity index is 2250. The molecule has 0 saturated carbocycles. The fourth-order valence-electron chi connectivity index (χ4n) is 6.99. The molecule has 1 saturated heterocycles. The van der Waals surface area contributed by atoms with Crippen LogP contribution in [0.2, 0.25) is 18.1 Å². The number of benzene rings is 4. The van der Waals surface area contributed by atoms with Gasteiger partial charge in [0, 0.05) is 0 Å². The molecule has 4 atom stereocenters. The maximum absolute atomic E-state index is 12.8. The number of imidazole rings is 1. The van der Waals surface area contributed by atoms with Crippen LogP contribution in [-0.4, -0.2) is 78.1 Å². The molecule has 0 aliphatic carbocycles. The van der Waals surface area contributed by atoms with E-state index in [2.05, 4.69) is 48.8 Å². The molecule has 58 heavy (non-hydrogen) atoms. The molecule has 1 aliphatic heterocycles. The van der Waals surface area contributed by atoms with E-state index in [0.717, 1.165) is 16.7 Å². The molecule has 7 rings (SSSR count). The van der Waals surface area contributed by atoms with E-state index in [-0.39, 0.29) is 18.3 Å². The van der Waals surface area contributed by atoms with Gasteiger partial charge in [0.25, 0.3) is 0 Å². The molecule has 302 valence electrons. The predicted octanol–water partition coefficient (Wildman–Crippen LogP) is 7.86. The van der Waals surface area contributed by atoms with Crippen LogP contribution in [0.1, 0.15) is 59.7 Å². The van der Waals surface area contributed by atoms with Crippen molar-refractivity contribution in [1.82, 2.24) is 19.5 Å². The van der Waals surface area contributed by atoms with Gasteiger partial charge in [0.15, 0.2) is 20.2 Å². The molecule has 1 N–H and O–H groups in total. The SMILES string of the molecule is COc1ccc(C(OC[C@H]2O[C@@H](n3cnc4c(COC(=O)c5ccccc5)ncnc43)[C@H](O[Si](C)(C)C(C)(C)C)[C@@H]2O)(c2ccccc2)c2ccc(OC)cc2)cc1. The van der Waals surface area contributed by atoms with Gasteiger partial charge in [0.05, 0.1) is 32.7 Å². The molecule has 0 unspecified atom stereocenters. The Kier molecular flexibility index (Phi) is 11.8. The fraction of sp³-hybridized carbons (Fsp3) is 0.333. The standard InChI is InChI=1S/C45H50N4O8Si/c1-44(2,3)58(6,7)57-40-39(50)37(56-42(40)49-29-48-38-36(46-28-47-41(38)49)26-54-43(51)30-14-10-8-11-15-30)27-55-45(31-16-12-9-13-17-31,32-18-22-34(52-4)23-19-32)33-20-24-35(53-5)25-21-33/h8-25,28-29,37,39-40,42,50H,26-27H2,1-7H3/t37-,39-,40-,42-/m1/s1. The lowest BCUT2D eigenvalue weighted by Crippen LogP contribution is -2.49. The Labute approximate surface area is 339 Å². The summed E-state index contributed by atoms with van der Waals surface area (Å²) in [5, 5.41) is 12.1. The molecule has 4 aromatic carbocycles. The summed E-state index contributed by atoms with van der Waals surface area (Å²) in [4.78, 5) is 26.4. The van der Waals surface area contributed by atoms with E-state index in [1.807, 2.05) is 84.9 Å². The van der Waals surface area contributed by atoms with Crippen LogP contribution in [0.3, 0.4) is 0 Å². The largest absolute Gasteiger partial charge is 0.497 e. The zero-order valence-corrected chi connectivity index (χ0v) is 34.9. The molecule has 2 aromatic heterocycles. The van der Waals surface area contributed by atoms with Crippen LogP contribution in [0.5, 0.6) is 11.5 Å². The minimum Gasteiger partial charge on any atom is -0.497 e. The van der Waals surface area contributed by atoms with E-state index < -0.39 is 44.4 Å². The Hall–Kier alpha value is -5.44. The normalized spacial score (nSPS) is 18.6. The van der Waals surface area contributed by atoms with Gasteiger partial charge in [-0.15, -0.1) is 0 Å². The number of aromatic nitrogens is 4. The summed E-state index contributed by atoms with van der Waals surface area (Å²) in [6, 6.07) is 34.3. The zero-order valence-electron chi connectivity index (χ0n) is 33.9. The highest BCUT2D eigenvalue weighted by Gasteiger charge is 2.52. The third-order valence-corrected chi connectivity index (χ3v) is 15.7. The summed E-state index contributed by atoms with van der Waals surface area (Å²) >= 11 is 0. The quantitative estimate of drug-likeness (QED) is 0.0655. The lowest BCUT2D eigenvalue weighted by molar-refractivity contribution is -0.0940. The summed E-state index contributed by atoms with van der Waals surface area (Å²) in [5.41, 5.74) is 3.17. The second-order valence-corrected chi connectivity index (χ2v) is 20.6. The van der Waals surface area contributed by atoms with Gasteiger partial charge in [0.1, 0.15) is 59.6 Å². The summed E-state index contributed by atoms with van der Waals surface area (Å²) in [7, 11) is 0.770. The van der Waals surface area contributed by atoms with E-state index in [0.29, 0.717) is 33.9 Å². The number of rotatable bonds is 14. The van der Waals surface area contributed by atoms with Crippen LogP contribution < -0.4 is 9.47 Å². The number of methoxy groups -OCH3 is 2. The minimum atomic E-state index is -2.50. The van der Waals surface area contributed by atoms with Crippen LogP contribution in [0.25, 0.3) is 11.2 Å². The third kappa shape index (κ3) is 8.00. The molecule has 12 nitrogen and oxygen atoms in total. The number of fused-ring (bicyclic) bond motifs is 1. The van der Waals surface area contributed by atoms with Gasteiger partial charge in [-0.3, -0.25) is 4.57 Å². The van der Waals surface area contributed by atoms with Crippen molar-refractivity contribution < 1.29 is 38.0 Å². The number of esters is 1. The van der Waals surface area contributed by atoms with Crippen molar-refractivity contribution in [2.75, 3.05) is 20.8 Å².